The monoisotopic (exact) mass is 312 g/mol. The Labute approximate surface area is 113 Å². The van der Waals surface area contributed by atoms with E-state index < -0.39 is 11.9 Å². The second-order valence-electron chi connectivity index (χ2n) is 4.05. The molecule has 18 heavy (non-hydrogen) atoms. The zero-order valence-corrected chi connectivity index (χ0v) is 11.6. The smallest absolute Gasteiger partial charge is 0.142 e. The average Bonchev–Trinajstić information content (AvgIpc) is 2.80. The minimum Gasteiger partial charge on any atom is -0.380 e. The van der Waals surface area contributed by atoms with Crippen molar-refractivity contribution >= 4 is 15.9 Å². The zero-order valence-electron chi connectivity index (χ0n) is 9.98. The van der Waals surface area contributed by atoms with Crippen LogP contribution in [0.1, 0.15) is 30.8 Å². The van der Waals surface area contributed by atoms with Gasteiger partial charge in [0.25, 0.3) is 0 Å². The Balaban J connectivity index is 2.38. The molecule has 0 fully saturated rings. The van der Waals surface area contributed by atoms with Crippen LogP contribution in [0, 0.1) is 5.82 Å². The van der Waals surface area contributed by atoms with Gasteiger partial charge in [0.05, 0.1) is 0 Å². The number of hydrogen-bond donors (Lipinski definition) is 1. The average molecular weight is 313 g/mol. The fourth-order valence-corrected chi connectivity index (χ4v) is 2.24. The molecule has 1 aromatic carbocycles. The predicted octanol–water partition coefficient (Wildman–Crippen LogP) is 3.28. The summed E-state index contributed by atoms with van der Waals surface area (Å²) in [5.41, 5.74) is 0.230. The summed E-state index contributed by atoms with van der Waals surface area (Å²) in [7, 11) is 0. The molecule has 0 bridgehead atoms. The second-order valence-corrected chi connectivity index (χ2v) is 4.96. The summed E-state index contributed by atoms with van der Waals surface area (Å²) in [6.45, 7) is 2.79. The van der Waals surface area contributed by atoms with Crippen LogP contribution in [0.3, 0.4) is 0 Å². The molecule has 0 aliphatic heterocycles. The lowest BCUT2D eigenvalue weighted by molar-refractivity contribution is 0.199. The first kappa shape index (κ1) is 13.2. The number of benzene rings is 1. The van der Waals surface area contributed by atoms with Crippen molar-refractivity contribution in [3.63, 3.8) is 0 Å². The molecule has 1 aromatic heterocycles. The van der Waals surface area contributed by atoms with Crippen LogP contribution in [0.2, 0.25) is 0 Å². The third-order valence-corrected chi connectivity index (χ3v) is 3.20. The quantitative estimate of drug-likeness (QED) is 0.941. The largest absolute Gasteiger partial charge is 0.380 e. The van der Waals surface area contributed by atoms with E-state index in [9.17, 15) is 9.50 Å². The van der Waals surface area contributed by atoms with Gasteiger partial charge >= 0.3 is 0 Å². The van der Waals surface area contributed by atoms with E-state index in [-0.39, 0.29) is 5.56 Å². The van der Waals surface area contributed by atoms with Crippen LogP contribution >= 0.6 is 15.9 Å². The number of rotatable bonds is 4. The van der Waals surface area contributed by atoms with Gasteiger partial charge in [-0.1, -0.05) is 22.9 Å². The summed E-state index contributed by atoms with van der Waals surface area (Å²) < 4.78 is 16.3. The molecule has 1 atom stereocenters. The molecule has 1 N–H and O–H groups in total. The van der Waals surface area contributed by atoms with Gasteiger partial charge in [0, 0.05) is 29.0 Å². The summed E-state index contributed by atoms with van der Waals surface area (Å²) in [6, 6.07) is 4.50. The number of nitrogens with zero attached hydrogens (tertiary/aromatic N) is 2. The van der Waals surface area contributed by atoms with E-state index in [2.05, 4.69) is 20.9 Å². The number of hydrogen-bond acceptors (Lipinski definition) is 2. The maximum absolute atomic E-state index is 13.7. The van der Waals surface area contributed by atoms with E-state index in [4.69, 9.17) is 0 Å². The highest BCUT2D eigenvalue weighted by Crippen LogP contribution is 2.26. The van der Waals surface area contributed by atoms with Crippen LogP contribution in [-0.4, -0.2) is 14.7 Å². The third kappa shape index (κ3) is 2.62. The van der Waals surface area contributed by atoms with Gasteiger partial charge in [-0.15, -0.1) is 0 Å². The Hall–Kier alpha value is -1.20. The van der Waals surface area contributed by atoms with Crippen molar-refractivity contribution in [3.05, 3.63) is 52.3 Å². The maximum Gasteiger partial charge on any atom is 0.142 e. The Morgan fingerprint density at radius 1 is 1.50 bits per heavy atom. The van der Waals surface area contributed by atoms with Crippen molar-refractivity contribution in [2.24, 2.45) is 0 Å². The summed E-state index contributed by atoms with van der Waals surface area (Å²) in [6.07, 6.45) is 3.28. The summed E-state index contributed by atoms with van der Waals surface area (Å²) >= 11 is 3.27. The third-order valence-electron chi connectivity index (χ3n) is 2.71. The molecule has 0 aliphatic carbocycles. The minimum atomic E-state index is -1.05. The van der Waals surface area contributed by atoms with Crippen molar-refractivity contribution in [2.75, 3.05) is 0 Å². The minimum absolute atomic E-state index is 0.230. The first-order chi connectivity index (χ1) is 8.63. The normalized spacial score (nSPS) is 12.7. The van der Waals surface area contributed by atoms with Crippen LogP contribution in [-0.2, 0) is 6.54 Å². The molecular formula is C13H14BrFN2O. The van der Waals surface area contributed by atoms with Gasteiger partial charge in [0.1, 0.15) is 17.7 Å². The number of aliphatic hydroxyl groups excluding tert-OH is 1. The van der Waals surface area contributed by atoms with Gasteiger partial charge in [0.2, 0.25) is 0 Å². The van der Waals surface area contributed by atoms with Crippen molar-refractivity contribution in [1.29, 1.82) is 0 Å². The molecule has 3 nitrogen and oxygen atoms in total. The first-order valence-corrected chi connectivity index (χ1v) is 6.56. The Morgan fingerprint density at radius 2 is 2.28 bits per heavy atom. The highest BCUT2D eigenvalue weighted by molar-refractivity contribution is 9.10. The van der Waals surface area contributed by atoms with E-state index in [1.807, 2.05) is 11.5 Å². The maximum atomic E-state index is 13.7. The van der Waals surface area contributed by atoms with Crippen molar-refractivity contribution in [3.8, 4) is 0 Å². The summed E-state index contributed by atoms with van der Waals surface area (Å²) in [5, 5.41) is 10.2. The molecule has 0 radical (unpaired) electrons. The Bertz CT molecular complexity index is 542. The molecule has 1 heterocycles. The number of aryl methyl sites for hydroxylation is 1. The van der Waals surface area contributed by atoms with E-state index in [0.717, 1.165) is 17.4 Å². The highest BCUT2D eigenvalue weighted by Gasteiger charge is 2.19. The Kier molecular flexibility index (Phi) is 4.14. The highest BCUT2D eigenvalue weighted by atomic mass is 79.9. The van der Waals surface area contributed by atoms with Crippen LogP contribution in [0.15, 0.2) is 35.1 Å². The first-order valence-electron chi connectivity index (χ1n) is 5.77. The number of aromatic nitrogens is 2. The van der Waals surface area contributed by atoms with Gasteiger partial charge in [-0.05, 0) is 24.6 Å². The number of imidazole rings is 1. The standard InChI is InChI=1S/C13H14BrFN2O/c1-2-6-17-7-5-16-13(17)12(18)10-8-9(14)3-4-11(10)15/h3-5,7-8,12,18H,2,6H2,1H3. The molecule has 0 saturated carbocycles. The molecular weight excluding hydrogens is 299 g/mol. The molecule has 1 unspecified atom stereocenters. The van der Waals surface area contributed by atoms with Crippen LogP contribution < -0.4 is 0 Å². The number of halogens is 2. The molecule has 5 heteroatoms. The SMILES string of the molecule is CCCn1ccnc1C(O)c1cc(Br)ccc1F. The molecule has 0 aliphatic rings. The van der Waals surface area contributed by atoms with Crippen LogP contribution in [0.25, 0.3) is 0 Å². The number of aliphatic hydroxyl groups is 1. The van der Waals surface area contributed by atoms with E-state index in [1.165, 1.54) is 6.07 Å². The lowest BCUT2D eigenvalue weighted by Crippen LogP contribution is -2.11. The lowest BCUT2D eigenvalue weighted by Gasteiger charge is -2.14. The summed E-state index contributed by atoms with van der Waals surface area (Å²) in [4.78, 5) is 4.11. The van der Waals surface area contributed by atoms with Gasteiger partial charge < -0.3 is 9.67 Å². The van der Waals surface area contributed by atoms with Crippen molar-refractivity contribution < 1.29 is 9.50 Å². The molecule has 0 spiro atoms. The van der Waals surface area contributed by atoms with Gasteiger partial charge in [-0.2, -0.15) is 0 Å². The Morgan fingerprint density at radius 3 is 3.00 bits per heavy atom. The topological polar surface area (TPSA) is 38.0 Å². The molecule has 0 amide bonds. The van der Waals surface area contributed by atoms with E-state index in [0.29, 0.717) is 5.82 Å². The molecule has 0 saturated heterocycles. The van der Waals surface area contributed by atoms with Crippen LogP contribution in [0.4, 0.5) is 4.39 Å². The van der Waals surface area contributed by atoms with Crippen molar-refractivity contribution in [1.82, 2.24) is 9.55 Å². The molecule has 2 rings (SSSR count). The van der Waals surface area contributed by atoms with Crippen molar-refractivity contribution in [2.45, 2.75) is 26.0 Å². The predicted molar refractivity (Wildman–Crippen MR) is 70.7 cm³/mol. The van der Waals surface area contributed by atoms with Crippen LogP contribution in [0.5, 0.6) is 0 Å². The fourth-order valence-electron chi connectivity index (χ4n) is 1.86. The zero-order chi connectivity index (χ0) is 13.1. The van der Waals surface area contributed by atoms with Gasteiger partial charge in [-0.25, -0.2) is 9.37 Å². The molecule has 2 aromatic rings. The fraction of sp³-hybridized carbons (Fsp3) is 0.308. The van der Waals surface area contributed by atoms with E-state index >= 15 is 0 Å². The summed E-state index contributed by atoms with van der Waals surface area (Å²) in [5.74, 6) is 0.0330. The van der Waals surface area contributed by atoms with Gasteiger partial charge in [0.15, 0.2) is 0 Å². The molecule has 96 valence electrons. The second kappa shape index (κ2) is 5.63. The van der Waals surface area contributed by atoms with E-state index in [1.54, 1.807) is 24.5 Å². The lowest BCUT2D eigenvalue weighted by atomic mass is 10.1. The van der Waals surface area contributed by atoms with Gasteiger partial charge in [-0.3, -0.25) is 0 Å².